The Morgan fingerprint density at radius 1 is 1.27 bits per heavy atom. The number of aromatic nitrogens is 4. The zero-order valence-corrected chi connectivity index (χ0v) is 14.5. The smallest absolute Gasteiger partial charge is 0.323 e. The predicted molar refractivity (Wildman–Crippen MR) is 91.3 cm³/mol. The van der Waals surface area contributed by atoms with Gasteiger partial charge in [0.25, 0.3) is 5.91 Å². The van der Waals surface area contributed by atoms with Crippen LogP contribution in [-0.2, 0) is 9.59 Å². The quantitative estimate of drug-likeness (QED) is 0.734. The van der Waals surface area contributed by atoms with E-state index in [1.54, 1.807) is 12.1 Å². The SMILES string of the molecule is CCC1(CC)NC(=O)N(CC(=O)Nc2ccc(-n3cncn3)nc2)C1=O. The van der Waals surface area contributed by atoms with Crippen molar-refractivity contribution in [3.63, 3.8) is 0 Å². The number of amides is 4. The molecule has 136 valence electrons. The fourth-order valence-corrected chi connectivity index (χ4v) is 2.82. The second-order valence-corrected chi connectivity index (χ2v) is 5.90. The predicted octanol–water partition coefficient (Wildman–Crippen LogP) is 0.711. The van der Waals surface area contributed by atoms with E-state index in [9.17, 15) is 14.4 Å². The summed E-state index contributed by atoms with van der Waals surface area (Å²) in [6, 6.07) is 2.77. The summed E-state index contributed by atoms with van der Waals surface area (Å²) >= 11 is 0. The first-order valence-corrected chi connectivity index (χ1v) is 8.24. The van der Waals surface area contributed by atoms with Gasteiger partial charge >= 0.3 is 6.03 Å². The number of imide groups is 1. The fraction of sp³-hybridized carbons (Fsp3) is 0.375. The number of anilines is 1. The molecule has 0 aliphatic carbocycles. The van der Waals surface area contributed by atoms with Crippen LogP contribution in [0.4, 0.5) is 10.5 Å². The van der Waals surface area contributed by atoms with E-state index in [-0.39, 0.29) is 12.5 Å². The number of urea groups is 1. The summed E-state index contributed by atoms with van der Waals surface area (Å²) in [4.78, 5) is 45.7. The van der Waals surface area contributed by atoms with Gasteiger partial charge in [-0.05, 0) is 25.0 Å². The van der Waals surface area contributed by atoms with Crippen LogP contribution < -0.4 is 10.6 Å². The van der Waals surface area contributed by atoms with E-state index in [4.69, 9.17) is 0 Å². The van der Waals surface area contributed by atoms with Gasteiger partial charge in [-0.1, -0.05) is 13.8 Å². The van der Waals surface area contributed by atoms with Gasteiger partial charge in [0.15, 0.2) is 5.82 Å². The maximum absolute atomic E-state index is 12.5. The van der Waals surface area contributed by atoms with Gasteiger partial charge in [0.2, 0.25) is 5.91 Å². The van der Waals surface area contributed by atoms with Crippen molar-refractivity contribution in [3.05, 3.63) is 31.0 Å². The van der Waals surface area contributed by atoms with E-state index >= 15 is 0 Å². The molecule has 0 atom stereocenters. The minimum absolute atomic E-state index is 0.350. The molecule has 2 aromatic rings. The Morgan fingerprint density at radius 2 is 2.04 bits per heavy atom. The molecule has 0 radical (unpaired) electrons. The number of carbonyl (C=O) groups excluding carboxylic acids is 3. The monoisotopic (exact) mass is 357 g/mol. The summed E-state index contributed by atoms with van der Waals surface area (Å²) in [6.07, 6.45) is 5.30. The molecule has 0 unspecified atom stereocenters. The average Bonchev–Trinajstić information content (AvgIpc) is 3.25. The summed E-state index contributed by atoms with van der Waals surface area (Å²) in [6.45, 7) is 3.30. The molecule has 2 N–H and O–H groups in total. The number of rotatable bonds is 6. The zero-order valence-electron chi connectivity index (χ0n) is 14.5. The van der Waals surface area contributed by atoms with Crippen molar-refractivity contribution in [2.75, 3.05) is 11.9 Å². The van der Waals surface area contributed by atoms with Gasteiger partial charge in [-0.25, -0.2) is 19.4 Å². The minimum atomic E-state index is -0.918. The standard InChI is InChI=1S/C16H19N7O3/c1-3-16(4-2)14(25)22(15(26)21-16)8-13(24)20-11-5-6-12(18-7-11)23-10-17-9-19-23/h5-7,9-10H,3-4,8H2,1-2H3,(H,20,24)(H,21,26). The maximum atomic E-state index is 12.5. The van der Waals surface area contributed by atoms with Crippen molar-refractivity contribution in [2.24, 2.45) is 0 Å². The summed E-state index contributed by atoms with van der Waals surface area (Å²) < 4.78 is 1.48. The Balaban J connectivity index is 1.64. The lowest BCUT2D eigenvalue weighted by Crippen LogP contribution is -2.46. The van der Waals surface area contributed by atoms with Gasteiger partial charge < -0.3 is 10.6 Å². The van der Waals surface area contributed by atoms with Crippen molar-refractivity contribution in [1.29, 1.82) is 0 Å². The number of carbonyl (C=O) groups is 3. The number of nitrogens with zero attached hydrogens (tertiary/aromatic N) is 5. The Hall–Kier alpha value is -3.30. The molecule has 1 saturated heterocycles. The Bertz CT molecular complexity index is 813. The van der Waals surface area contributed by atoms with Crippen LogP contribution in [0.2, 0.25) is 0 Å². The van der Waals surface area contributed by atoms with E-state index < -0.39 is 17.5 Å². The lowest BCUT2D eigenvalue weighted by Gasteiger charge is -2.22. The van der Waals surface area contributed by atoms with Crippen molar-refractivity contribution in [1.82, 2.24) is 30.0 Å². The molecule has 0 aromatic carbocycles. The molecule has 0 saturated carbocycles. The number of hydrogen-bond donors (Lipinski definition) is 2. The Kier molecular flexibility index (Phi) is 4.65. The first-order valence-electron chi connectivity index (χ1n) is 8.24. The van der Waals surface area contributed by atoms with Crippen LogP contribution in [0.25, 0.3) is 5.82 Å². The van der Waals surface area contributed by atoms with Crippen molar-refractivity contribution < 1.29 is 14.4 Å². The van der Waals surface area contributed by atoms with Crippen LogP contribution >= 0.6 is 0 Å². The fourth-order valence-electron chi connectivity index (χ4n) is 2.82. The Labute approximate surface area is 149 Å². The largest absolute Gasteiger partial charge is 0.325 e. The molecule has 10 heteroatoms. The van der Waals surface area contributed by atoms with Crippen molar-refractivity contribution in [3.8, 4) is 5.82 Å². The highest BCUT2D eigenvalue weighted by atomic mass is 16.2. The normalized spacial score (nSPS) is 15.8. The first kappa shape index (κ1) is 17.5. The summed E-state index contributed by atoms with van der Waals surface area (Å²) in [7, 11) is 0. The first-order chi connectivity index (χ1) is 12.5. The van der Waals surface area contributed by atoms with Crippen molar-refractivity contribution >= 4 is 23.5 Å². The van der Waals surface area contributed by atoms with E-state index in [1.165, 1.54) is 23.5 Å². The number of pyridine rings is 1. The molecule has 0 bridgehead atoms. The van der Waals surface area contributed by atoms with Crippen LogP contribution in [0, 0.1) is 0 Å². The molecule has 1 fully saturated rings. The highest BCUT2D eigenvalue weighted by molar-refractivity contribution is 6.10. The lowest BCUT2D eigenvalue weighted by molar-refractivity contribution is -0.134. The molecule has 3 heterocycles. The van der Waals surface area contributed by atoms with Gasteiger partial charge in [-0.3, -0.25) is 14.5 Å². The third-order valence-electron chi connectivity index (χ3n) is 4.44. The highest BCUT2D eigenvalue weighted by Gasteiger charge is 2.49. The summed E-state index contributed by atoms with van der Waals surface area (Å²) in [5.41, 5.74) is -0.471. The molecule has 0 spiro atoms. The van der Waals surface area contributed by atoms with E-state index in [0.717, 1.165) is 4.90 Å². The molecule has 3 rings (SSSR count). The molecule has 1 aliphatic rings. The van der Waals surface area contributed by atoms with Crippen LogP contribution in [0.15, 0.2) is 31.0 Å². The van der Waals surface area contributed by atoms with Gasteiger partial charge in [-0.15, -0.1) is 0 Å². The third kappa shape index (κ3) is 3.13. The van der Waals surface area contributed by atoms with Crippen LogP contribution in [0.5, 0.6) is 0 Å². The maximum Gasteiger partial charge on any atom is 0.325 e. The van der Waals surface area contributed by atoms with Gasteiger partial charge in [0, 0.05) is 0 Å². The average molecular weight is 357 g/mol. The minimum Gasteiger partial charge on any atom is -0.323 e. The number of nitrogens with one attached hydrogen (secondary N) is 2. The molecule has 4 amide bonds. The Morgan fingerprint density at radius 3 is 2.58 bits per heavy atom. The van der Waals surface area contributed by atoms with Crippen LogP contribution in [-0.4, -0.2) is 54.6 Å². The topological polar surface area (TPSA) is 122 Å². The van der Waals surface area contributed by atoms with Gasteiger partial charge in [0.1, 0.15) is 24.7 Å². The van der Waals surface area contributed by atoms with E-state index in [0.29, 0.717) is 24.3 Å². The van der Waals surface area contributed by atoms with Gasteiger partial charge in [-0.2, -0.15) is 5.10 Å². The van der Waals surface area contributed by atoms with Gasteiger partial charge in [0.05, 0.1) is 11.9 Å². The molecule has 10 nitrogen and oxygen atoms in total. The molecule has 26 heavy (non-hydrogen) atoms. The molecule has 2 aromatic heterocycles. The second-order valence-electron chi connectivity index (χ2n) is 5.90. The van der Waals surface area contributed by atoms with Crippen LogP contribution in [0.3, 0.4) is 0 Å². The van der Waals surface area contributed by atoms with E-state index in [1.807, 2.05) is 13.8 Å². The zero-order chi connectivity index (χ0) is 18.7. The third-order valence-corrected chi connectivity index (χ3v) is 4.44. The van der Waals surface area contributed by atoms with Crippen LogP contribution in [0.1, 0.15) is 26.7 Å². The molecule has 1 aliphatic heterocycles. The highest BCUT2D eigenvalue weighted by Crippen LogP contribution is 2.24. The lowest BCUT2D eigenvalue weighted by atomic mass is 9.93. The molecular formula is C16H19N7O3. The van der Waals surface area contributed by atoms with E-state index in [2.05, 4.69) is 25.7 Å². The second kappa shape index (κ2) is 6.90. The summed E-state index contributed by atoms with van der Waals surface area (Å²) in [5.74, 6) is -0.306. The molecular weight excluding hydrogens is 338 g/mol. The number of hydrogen-bond acceptors (Lipinski definition) is 6. The summed E-state index contributed by atoms with van der Waals surface area (Å²) in [5, 5.41) is 9.27. The van der Waals surface area contributed by atoms with Crippen molar-refractivity contribution in [2.45, 2.75) is 32.2 Å².